The number of ether oxygens (including phenoxy) is 1. The summed E-state index contributed by atoms with van der Waals surface area (Å²) >= 11 is 0. The standard InChI is InChI=1S/C25H26FNO2/c1-3-13-29-23-12-11-20-16-25(27-17-22(20)14-23)21-10-9-19(24(26)15-21)8-6-4-5-7-18(2)28/h3,6,8-12,14-18,28H,1,4-5,7,13H2,2H3. The highest BCUT2D eigenvalue weighted by Gasteiger charge is 2.06. The molecule has 1 unspecified atom stereocenters. The molecule has 0 aliphatic rings. The van der Waals surface area contributed by atoms with Gasteiger partial charge in [0.2, 0.25) is 0 Å². The first-order valence-electron chi connectivity index (χ1n) is 9.85. The molecule has 2 aromatic carbocycles. The SMILES string of the molecule is C=CCOc1ccc2cc(-c3ccc(C=CCCCC(C)O)c(F)c3)ncc2c1. The van der Waals surface area contributed by atoms with E-state index in [1.54, 1.807) is 31.3 Å². The van der Waals surface area contributed by atoms with E-state index in [1.165, 1.54) is 6.07 Å². The number of halogens is 1. The lowest BCUT2D eigenvalue weighted by molar-refractivity contribution is 0.182. The maximum Gasteiger partial charge on any atom is 0.131 e. The van der Waals surface area contributed by atoms with E-state index in [0.717, 1.165) is 47.0 Å². The first-order chi connectivity index (χ1) is 14.1. The fourth-order valence-electron chi connectivity index (χ4n) is 3.09. The lowest BCUT2D eigenvalue weighted by Gasteiger charge is -2.07. The van der Waals surface area contributed by atoms with Crippen LogP contribution in [-0.4, -0.2) is 22.8 Å². The maximum absolute atomic E-state index is 14.5. The zero-order valence-electron chi connectivity index (χ0n) is 16.6. The van der Waals surface area contributed by atoms with E-state index in [9.17, 15) is 9.50 Å². The predicted molar refractivity (Wildman–Crippen MR) is 117 cm³/mol. The Bertz CT molecular complexity index is 1010. The van der Waals surface area contributed by atoms with Crippen LogP contribution in [0.3, 0.4) is 0 Å². The predicted octanol–water partition coefficient (Wildman–Crippen LogP) is 6.17. The second-order valence-electron chi connectivity index (χ2n) is 7.10. The number of nitrogens with zero attached hydrogens (tertiary/aromatic N) is 1. The van der Waals surface area contributed by atoms with Gasteiger partial charge in [-0.2, -0.15) is 0 Å². The average molecular weight is 391 g/mol. The van der Waals surface area contributed by atoms with Crippen molar-refractivity contribution >= 4 is 16.8 Å². The molecule has 1 N–H and O–H groups in total. The van der Waals surface area contributed by atoms with Crippen LogP contribution in [0.25, 0.3) is 28.1 Å². The summed E-state index contributed by atoms with van der Waals surface area (Å²) < 4.78 is 20.1. The highest BCUT2D eigenvalue weighted by molar-refractivity contribution is 5.86. The number of unbranched alkanes of at least 4 members (excludes halogenated alkanes) is 1. The molecule has 1 atom stereocenters. The second-order valence-corrected chi connectivity index (χ2v) is 7.10. The average Bonchev–Trinajstić information content (AvgIpc) is 2.72. The van der Waals surface area contributed by atoms with Crippen molar-refractivity contribution in [3.8, 4) is 17.0 Å². The van der Waals surface area contributed by atoms with Gasteiger partial charge in [0, 0.05) is 22.7 Å². The molecule has 0 aliphatic heterocycles. The number of pyridine rings is 1. The molecule has 3 aromatic rings. The minimum Gasteiger partial charge on any atom is -0.490 e. The number of rotatable bonds is 9. The molecule has 0 spiro atoms. The molecule has 1 aromatic heterocycles. The minimum absolute atomic E-state index is 0.274. The Morgan fingerprint density at radius 1 is 1.17 bits per heavy atom. The van der Waals surface area contributed by atoms with Crippen molar-refractivity contribution in [1.29, 1.82) is 0 Å². The maximum atomic E-state index is 14.5. The third-order valence-corrected chi connectivity index (χ3v) is 4.65. The first kappa shape index (κ1) is 20.7. The van der Waals surface area contributed by atoms with Crippen LogP contribution in [0, 0.1) is 5.82 Å². The van der Waals surface area contributed by atoms with Crippen LogP contribution in [0.15, 0.2) is 67.4 Å². The molecule has 0 saturated heterocycles. The number of fused-ring (bicyclic) bond motifs is 1. The summed E-state index contributed by atoms with van der Waals surface area (Å²) in [5.74, 6) is 0.493. The number of hydrogen-bond donors (Lipinski definition) is 1. The lowest BCUT2D eigenvalue weighted by Crippen LogP contribution is -1.97. The zero-order valence-corrected chi connectivity index (χ0v) is 16.6. The molecule has 0 amide bonds. The Morgan fingerprint density at radius 2 is 2.03 bits per heavy atom. The van der Waals surface area contributed by atoms with Crippen LogP contribution in [0.4, 0.5) is 4.39 Å². The summed E-state index contributed by atoms with van der Waals surface area (Å²) in [5.41, 5.74) is 2.02. The Balaban J connectivity index is 1.74. The number of aliphatic hydroxyl groups is 1. The number of allylic oxidation sites excluding steroid dienone is 1. The van der Waals surface area contributed by atoms with Crippen molar-refractivity contribution < 1.29 is 14.2 Å². The summed E-state index contributed by atoms with van der Waals surface area (Å²) in [5, 5.41) is 11.2. The summed E-state index contributed by atoms with van der Waals surface area (Å²) in [6, 6.07) is 12.9. The van der Waals surface area contributed by atoms with Gasteiger partial charge in [-0.25, -0.2) is 4.39 Å². The Labute approximate surface area is 171 Å². The van der Waals surface area contributed by atoms with Crippen LogP contribution in [-0.2, 0) is 0 Å². The highest BCUT2D eigenvalue weighted by Crippen LogP contribution is 2.26. The van der Waals surface area contributed by atoms with Gasteiger partial charge in [-0.1, -0.05) is 43.0 Å². The minimum atomic E-state index is -0.292. The topological polar surface area (TPSA) is 42.4 Å². The highest BCUT2D eigenvalue weighted by atomic mass is 19.1. The fourth-order valence-corrected chi connectivity index (χ4v) is 3.09. The molecule has 0 radical (unpaired) electrons. The van der Waals surface area contributed by atoms with Crippen molar-refractivity contribution in [3.05, 3.63) is 78.8 Å². The van der Waals surface area contributed by atoms with Crippen LogP contribution < -0.4 is 4.74 Å². The van der Waals surface area contributed by atoms with E-state index in [1.807, 2.05) is 36.4 Å². The van der Waals surface area contributed by atoms with Gasteiger partial charge in [0.1, 0.15) is 18.2 Å². The third kappa shape index (κ3) is 5.75. The lowest BCUT2D eigenvalue weighted by atomic mass is 10.0. The monoisotopic (exact) mass is 391 g/mol. The summed E-state index contributed by atoms with van der Waals surface area (Å²) in [4.78, 5) is 4.49. The van der Waals surface area contributed by atoms with Crippen LogP contribution in [0.5, 0.6) is 5.75 Å². The van der Waals surface area contributed by atoms with E-state index in [0.29, 0.717) is 12.2 Å². The van der Waals surface area contributed by atoms with Crippen LogP contribution >= 0.6 is 0 Å². The molecule has 29 heavy (non-hydrogen) atoms. The van der Waals surface area contributed by atoms with E-state index in [2.05, 4.69) is 11.6 Å². The number of hydrogen-bond acceptors (Lipinski definition) is 3. The Kier molecular flexibility index (Phi) is 7.14. The number of aromatic nitrogens is 1. The normalized spacial score (nSPS) is 12.4. The van der Waals surface area contributed by atoms with Crippen molar-refractivity contribution in [3.63, 3.8) is 0 Å². The molecule has 0 bridgehead atoms. The van der Waals surface area contributed by atoms with Gasteiger partial charge in [0.05, 0.1) is 11.8 Å². The van der Waals surface area contributed by atoms with Crippen molar-refractivity contribution in [1.82, 2.24) is 4.98 Å². The van der Waals surface area contributed by atoms with Crippen molar-refractivity contribution in [2.75, 3.05) is 6.61 Å². The summed E-state index contributed by atoms with van der Waals surface area (Å²) in [6.45, 7) is 5.88. The van der Waals surface area contributed by atoms with Crippen LogP contribution in [0.1, 0.15) is 31.7 Å². The van der Waals surface area contributed by atoms with E-state index >= 15 is 0 Å². The summed E-state index contributed by atoms with van der Waals surface area (Å²) in [7, 11) is 0. The van der Waals surface area contributed by atoms with Gasteiger partial charge >= 0.3 is 0 Å². The molecule has 3 rings (SSSR count). The zero-order chi connectivity index (χ0) is 20.6. The van der Waals surface area contributed by atoms with Gasteiger partial charge in [-0.05, 0) is 55.8 Å². The van der Waals surface area contributed by atoms with Gasteiger partial charge < -0.3 is 9.84 Å². The first-order valence-corrected chi connectivity index (χ1v) is 9.85. The molecule has 3 nitrogen and oxygen atoms in total. The van der Waals surface area contributed by atoms with Gasteiger partial charge in [-0.3, -0.25) is 4.98 Å². The van der Waals surface area contributed by atoms with Gasteiger partial charge in [-0.15, -0.1) is 0 Å². The smallest absolute Gasteiger partial charge is 0.131 e. The quantitative estimate of drug-likeness (QED) is 0.350. The van der Waals surface area contributed by atoms with Crippen LogP contribution in [0.2, 0.25) is 0 Å². The molecule has 0 aliphatic carbocycles. The molecule has 1 heterocycles. The Morgan fingerprint density at radius 3 is 2.79 bits per heavy atom. The largest absolute Gasteiger partial charge is 0.490 e. The fraction of sp³-hybridized carbons (Fsp3) is 0.240. The van der Waals surface area contributed by atoms with Crippen molar-refractivity contribution in [2.24, 2.45) is 0 Å². The van der Waals surface area contributed by atoms with E-state index in [-0.39, 0.29) is 11.9 Å². The molecular weight excluding hydrogens is 365 g/mol. The molecule has 0 fully saturated rings. The molecule has 150 valence electrons. The van der Waals surface area contributed by atoms with Gasteiger partial charge in [0.25, 0.3) is 0 Å². The Hall–Kier alpha value is -2.98. The van der Waals surface area contributed by atoms with E-state index < -0.39 is 0 Å². The summed E-state index contributed by atoms with van der Waals surface area (Å²) in [6.07, 6.45) is 9.38. The molecular formula is C25H26FNO2. The van der Waals surface area contributed by atoms with E-state index in [4.69, 9.17) is 4.74 Å². The molecule has 4 heteroatoms. The van der Waals surface area contributed by atoms with Crippen molar-refractivity contribution in [2.45, 2.75) is 32.3 Å². The molecule has 0 saturated carbocycles. The second kappa shape index (κ2) is 9.99. The number of aliphatic hydroxyl groups excluding tert-OH is 1. The van der Waals surface area contributed by atoms with Gasteiger partial charge in [0.15, 0.2) is 0 Å². The third-order valence-electron chi connectivity index (χ3n) is 4.65. The number of benzene rings is 2.